The van der Waals surface area contributed by atoms with Crippen LogP contribution in [0, 0.1) is 6.92 Å². The molecule has 4 nitrogen and oxygen atoms in total. The molecule has 124 valence electrons. The Morgan fingerprint density at radius 2 is 1.83 bits per heavy atom. The first-order valence-electron chi connectivity index (χ1n) is 8.16. The molecule has 0 N–H and O–H groups in total. The van der Waals surface area contributed by atoms with Gasteiger partial charge in [-0.1, -0.05) is 60.2 Å². The van der Waals surface area contributed by atoms with E-state index in [-0.39, 0.29) is 24.5 Å². The topological polar surface area (TPSA) is 46.6 Å². The second-order valence-corrected chi connectivity index (χ2v) is 6.26. The van der Waals surface area contributed by atoms with Crippen molar-refractivity contribution >= 4 is 12.0 Å². The maximum atomic E-state index is 12.9. The quantitative estimate of drug-likeness (QED) is 0.862. The lowest BCUT2D eigenvalue weighted by molar-refractivity contribution is -0.130. The minimum absolute atomic E-state index is 0.206. The molecule has 1 heterocycles. The summed E-state index contributed by atoms with van der Waals surface area (Å²) in [5.41, 5.74) is 3.13. The maximum Gasteiger partial charge on any atom is 0.417 e. The van der Waals surface area contributed by atoms with Crippen LogP contribution in [0.1, 0.15) is 29.5 Å². The van der Waals surface area contributed by atoms with Gasteiger partial charge in [0.05, 0.1) is 12.0 Å². The average Bonchev–Trinajstić information content (AvgIpc) is 2.95. The largest absolute Gasteiger partial charge is 0.447 e. The first kappa shape index (κ1) is 16.2. The highest BCUT2D eigenvalue weighted by molar-refractivity contribution is 5.97. The summed E-state index contributed by atoms with van der Waals surface area (Å²) in [7, 11) is 0. The molecule has 0 saturated carbocycles. The van der Waals surface area contributed by atoms with Crippen LogP contribution in [0.2, 0.25) is 0 Å². The van der Waals surface area contributed by atoms with Gasteiger partial charge in [-0.05, 0) is 31.4 Å². The van der Waals surface area contributed by atoms with Crippen LogP contribution in [0.15, 0.2) is 54.6 Å². The van der Waals surface area contributed by atoms with E-state index in [1.165, 1.54) is 4.90 Å². The van der Waals surface area contributed by atoms with Gasteiger partial charge in [0.25, 0.3) is 0 Å². The summed E-state index contributed by atoms with van der Waals surface area (Å²) in [5, 5.41) is 0. The third-order valence-corrected chi connectivity index (χ3v) is 4.46. The highest BCUT2D eigenvalue weighted by Crippen LogP contribution is 2.24. The number of nitrogens with zero attached hydrogens (tertiary/aromatic N) is 1. The molecule has 1 aliphatic rings. The molecule has 2 atom stereocenters. The van der Waals surface area contributed by atoms with E-state index >= 15 is 0 Å². The number of imide groups is 1. The van der Waals surface area contributed by atoms with Crippen molar-refractivity contribution in [3.63, 3.8) is 0 Å². The standard InChI is InChI=1S/C20H21NO3/c1-14-8-10-17(11-9-14)15(2)19(22)21-18(13-24-20(21)23)12-16-6-4-3-5-7-16/h3-11,15,18H,12-13H2,1-2H3/t15-,18-/m1/s1. The van der Waals surface area contributed by atoms with Gasteiger partial charge in [0.1, 0.15) is 6.61 Å². The zero-order chi connectivity index (χ0) is 17.1. The lowest BCUT2D eigenvalue weighted by Crippen LogP contribution is -2.42. The van der Waals surface area contributed by atoms with Crippen LogP contribution in [0.5, 0.6) is 0 Å². The number of amides is 2. The van der Waals surface area contributed by atoms with Crippen molar-refractivity contribution in [2.45, 2.75) is 32.2 Å². The Bertz CT molecular complexity index is 724. The minimum atomic E-state index is -0.542. The van der Waals surface area contributed by atoms with E-state index in [1.54, 1.807) is 0 Å². The van der Waals surface area contributed by atoms with E-state index in [1.807, 2.05) is 68.4 Å². The first-order chi connectivity index (χ1) is 11.6. The Morgan fingerprint density at radius 3 is 2.50 bits per heavy atom. The summed E-state index contributed by atoms with van der Waals surface area (Å²) in [6.07, 6.45) is 0.0683. The molecule has 4 heteroatoms. The van der Waals surface area contributed by atoms with E-state index in [0.29, 0.717) is 6.42 Å². The Hall–Kier alpha value is -2.62. The molecular formula is C20H21NO3. The van der Waals surface area contributed by atoms with Gasteiger partial charge in [-0.3, -0.25) is 4.79 Å². The predicted octanol–water partition coefficient (Wildman–Crippen LogP) is 3.69. The molecule has 2 amide bonds. The van der Waals surface area contributed by atoms with Crippen molar-refractivity contribution in [1.82, 2.24) is 4.90 Å². The summed E-state index contributed by atoms with van der Waals surface area (Å²) < 4.78 is 5.14. The van der Waals surface area contributed by atoms with Gasteiger partial charge in [0.2, 0.25) is 5.91 Å². The van der Waals surface area contributed by atoms with Crippen molar-refractivity contribution in [2.75, 3.05) is 6.61 Å². The smallest absolute Gasteiger partial charge is 0.417 e. The van der Waals surface area contributed by atoms with Crippen molar-refractivity contribution < 1.29 is 14.3 Å². The van der Waals surface area contributed by atoms with E-state index in [9.17, 15) is 9.59 Å². The molecule has 3 rings (SSSR count). The predicted molar refractivity (Wildman–Crippen MR) is 91.7 cm³/mol. The second-order valence-electron chi connectivity index (χ2n) is 6.26. The number of rotatable bonds is 4. The van der Waals surface area contributed by atoms with Gasteiger partial charge in [0, 0.05) is 0 Å². The van der Waals surface area contributed by atoms with E-state index in [0.717, 1.165) is 16.7 Å². The molecule has 0 aromatic heterocycles. The van der Waals surface area contributed by atoms with Gasteiger partial charge in [-0.25, -0.2) is 9.69 Å². The molecule has 1 aliphatic heterocycles. The average molecular weight is 323 g/mol. The molecule has 0 spiro atoms. The Morgan fingerprint density at radius 1 is 1.17 bits per heavy atom. The van der Waals surface area contributed by atoms with E-state index in [4.69, 9.17) is 4.74 Å². The van der Waals surface area contributed by atoms with Crippen molar-refractivity contribution in [2.24, 2.45) is 0 Å². The van der Waals surface area contributed by atoms with Crippen LogP contribution in [0.4, 0.5) is 4.79 Å². The number of carbonyl (C=O) groups excluding carboxylic acids is 2. The number of carbonyl (C=O) groups is 2. The number of cyclic esters (lactones) is 1. The van der Waals surface area contributed by atoms with Gasteiger partial charge in [-0.15, -0.1) is 0 Å². The molecule has 1 saturated heterocycles. The fraction of sp³-hybridized carbons (Fsp3) is 0.300. The lowest BCUT2D eigenvalue weighted by atomic mass is 9.97. The summed E-state index contributed by atoms with van der Waals surface area (Å²) in [6, 6.07) is 17.4. The van der Waals surface area contributed by atoms with Crippen LogP contribution < -0.4 is 0 Å². The molecule has 0 unspecified atom stereocenters. The maximum absolute atomic E-state index is 12.9. The number of hydrogen-bond donors (Lipinski definition) is 0. The highest BCUT2D eigenvalue weighted by atomic mass is 16.6. The second kappa shape index (κ2) is 6.87. The van der Waals surface area contributed by atoms with Crippen molar-refractivity contribution in [1.29, 1.82) is 0 Å². The van der Waals surface area contributed by atoms with Crippen LogP contribution in [0.25, 0.3) is 0 Å². The molecular weight excluding hydrogens is 302 g/mol. The third kappa shape index (κ3) is 3.32. The van der Waals surface area contributed by atoms with Crippen LogP contribution >= 0.6 is 0 Å². The molecule has 0 aliphatic carbocycles. The SMILES string of the molecule is Cc1ccc([C@@H](C)C(=O)N2C(=O)OC[C@H]2Cc2ccccc2)cc1. The summed E-state index contributed by atoms with van der Waals surface area (Å²) in [4.78, 5) is 26.2. The third-order valence-electron chi connectivity index (χ3n) is 4.46. The van der Waals surface area contributed by atoms with Gasteiger partial charge < -0.3 is 4.74 Å². The fourth-order valence-electron chi connectivity index (χ4n) is 2.97. The number of benzene rings is 2. The van der Waals surface area contributed by atoms with E-state index in [2.05, 4.69) is 0 Å². The number of ether oxygens (including phenoxy) is 1. The minimum Gasteiger partial charge on any atom is -0.447 e. The Labute approximate surface area is 142 Å². The molecule has 2 aromatic carbocycles. The van der Waals surface area contributed by atoms with E-state index < -0.39 is 6.09 Å². The van der Waals surface area contributed by atoms with Crippen LogP contribution in [-0.4, -0.2) is 29.5 Å². The van der Waals surface area contributed by atoms with Gasteiger partial charge >= 0.3 is 6.09 Å². The summed E-state index contributed by atoms with van der Waals surface area (Å²) in [6.45, 7) is 4.09. The summed E-state index contributed by atoms with van der Waals surface area (Å²) in [5.74, 6) is -0.586. The number of hydrogen-bond acceptors (Lipinski definition) is 3. The van der Waals surface area contributed by atoms with Crippen LogP contribution in [-0.2, 0) is 16.0 Å². The fourth-order valence-corrected chi connectivity index (χ4v) is 2.97. The zero-order valence-corrected chi connectivity index (χ0v) is 13.9. The normalized spacial score (nSPS) is 18.3. The monoisotopic (exact) mass is 323 g/mol. The summed E-state index contributed by atoms with van der Waals surface area (Å²) >= 11 is 0. The van der Waals surface area contributed by atoms with Crippen molar-refractivity contribution in [3.8, 4) is 0 Å². The molecule has 1 fully saturated rings. The first-order valence-corrected chi connectivity index (χ1v) is 8.16. The molecule has 24 heavy (non-hydrogen) atoms. The van der Waals surface area contributed by atoms with Crippen molar-refractivity contribution in [3.05, 3.63) is 71.3 Å². The lowest BCUT2D eigenvalue weighted by Gasteiger charge is -2.23. The molecule has 0 bridgehead atoms. The van der Waals surface area contributed by atoms with Crippen LogP contribution in [0.3, 0.4) is 0 Å². The molecule has 0 radical (unpaired) electrons. The number of aryl methyl sites for hydroxylation is 1. The molecule has 2 aromatic rings. The zero-order valence-electron chi connectivity index (χ0n) is 13.9. The Balaban J connectivity index is 1.78. The highest BCUT2D eigenvalue weighted by Gasteiger charge is 2.39. The Kier molecular flexibility index (Phi) is 4.65. The van der Waals surface area contributed by atoms with Gasteiger partial charge in [0.15, 0.2) is 0 Å². The van der Waals surface area contributed by atoms with Gasteiger partial charge in [-0.2, -0.15) is 0 Å².